The molecule has 0 bridgehead atoms. The van der Waals surface area contributed by atoms with Gasteiger partial charge in [-0.2, -0.15) is 5.10 Å². The van der Waals surface area contributed by atoms with E-state index in [0.717, 1.165) is 65.1 Å². The van der Waals surface area contributed by atoms with Crippen molar-refractivity contribution in [1.29, 1.82) is 0 Å². The minimum absolute atomic E-state index is 0. The van der Waals surface area contributed by atoms with Gasteiger partial charge in [-0.15, -0.1) is 24.8 Å². The first kappa shape index (κ1) is 29.8. The number of aromatic nitrogens is 3. The van der Waals surface area contributed by atoms with E-state index in [-0.39, 0.29) is 36.5 Å². The predicted molar refractivity (Wildman–Crippen MR) is 157 cm³/mol. The number of nitrogens with one attached hydrogen (secondary N) is 1. The van der Waals surface area contributed by atoms with Crippen LogP contribution >= 0.6 is 36.4 Å². The lowest BCUT2D eigenvalue weighted by molar-refractivity contribution is 0.0856. The molecule has 0 saturated heterocycles. The largest absolute Gasteiger partial charge is 0.493 e. The summed E-state index contributed by atoms with van der Waals surface area (Å²) in [5.41, 5.74) is 4.60. The Morgan fingerprint density at radius 3 is 2.74 bits per heavy atom. The normalized spacial score (nSPS) is 14.4. The second kappa shape index (κ2) is 12.9. The summed E-state index contributed by atoms with van der Waals surface area (Å²) in [7, 11) is 1.62. The van der Waals surface area contributed by atoms with Crippen molar-refractivity contribution in [2.24, 2.45) is 5.92 Å². The van der Waals surface area contributed by atoms with Gasteiger partial charge in [0.1, 0.15) is 5.75 Å². The average Bonchev–Trinajstić information content (AvgIpc) is 3.53. The van der Waals surface area contributed by atoms with Crippen molar-refractivity contribution in [2.45, 2.75) is 26.8 Å². The molecule has 1 aliphatic heterocycles. The molecule has 38 heavy (non-hydrogen) atoms. The molecule has 0 saturated carbocycles. The van der Waals surface area contributed by atoms with Crippen LogP contribution in [-0.4, -0.2) is 58.8 Å². The van der Waals surface area contributed by atoms with Gasteiger partial charge in [-0.3, -0.25) is 4.79 Å². The molecule has 1 N–H and O–H groups in total. The lowest BCUT2D eigenvalue weighted by Crippen LogP contribution is -2.28. The molecule has 10 heteroatoms. The molecule has 3 heterocycles. The number of aromatic amines is 1. The Morgan fingerprint density at radius 2 is 2.00 bits per heavy atom. The van der Waals surface area contributed by atoms with Gasteiger partial charge in [-0.25, -0.2) is 5.10 Å². The lowest BCUT2D eigenvalue weighted by atomic mass is 9.89. The molecule has 7 nitrogen and oxygen atoms in total. The lowest BCUT2D eigenvalue weighted by Gasteiger charge is -2.24. The van der Waals surface area contributed by atoms with Crippen molar-refractivity contribution in [3.05, 3.63) is 64.9 Å². The van der Waals surface area contributed by atoms with E-state index >= 15 is 0 Å². The average molecular weight is 580 g/mol. The van der Waals surface area contributed by atoms with Gasteiger partial charge in [0, 0.05) is 40.8 Å². The van der Waals surface area contributed by atoms with Crippen LogP contribution in [0.3, 0.4) is 0 Å². The Morgan fingerprint density at radius 1 is 1.21 bits per heavy atom. The number of Topliss-reactive ketones (excluding diaryl/α,β-unsaturated/α-hetero) is 1. The SMILES string of the molecule is CCN(CC)CCn1cc(C(=O)[C@@H]2COc3ccc(Cl)cc3C2)c2ccc(-c3cn[nH]c3OC)cc21.Cl.Cl. The molecule has 0 amide bonds. The molecule has 0 radical (unpaired) electrons. The highest BCUT2D eigenvalue weighted by atomic mass is 35.5. The molecular formula is C28H33Cl3N4O3. The van der Waals surface area contributed by atoms with Crippen LogP contribution in [0.15, 0.2) is 48.8 Å². The number of hydrogen-bond donors (Lipinski definition) is 1. The number of rotatable bonds is 9. The first-order valence-corrected chi connectivity index (χ1v) is 12.8. The van der Waals surface area contributed by atoms with Crippen LogP contribution in [0.25, 0.3) is 22.0 Å². The van der Waals surface area contributed by atoms with Gasteiger partial charge in [0.2, 0.25) is 5.88 Å². The van der Waals surface area contributed by atoms with Gasteiger partial charge in [0.25, 0.3) is 0 Å². The Balaban J connectivity index is 0.00000200. The third-order valence-corrected chi connectivity index (χ3v) is 7.35. The maximum absolute atomic E-state index is 13.8. The van der Waals surface area contributed by atoms with E-state index in [2.05, 4.69) is 39.6 Å². The molecule has 4 aromatic rings. The van der Waals surface area contributed by atoms with Crippen LogP contribution in [0, 0.1) is 5.92 Å². The monoisotopic (exact) mass is 578 g/mol. The number of fused-ring (bicyclic) bond motifs is 2. The molecule has 0 aliphatic carbocycles. The summed E-state index contributed by atoms with van der Waals surface area (Å²) in [5, 5.41) is 8.62. The maximum atomic E-state index is 13.8. The third kappa shape index (κ3) is 5.81. The van der Waals surface area contributed by atoms with Crippen molar-refractivity contribution in [1.82, 2.24) is 19.7 Å². The fraction of sp³-hybridized carbons (Fsp3) is 0.357. The van der Waals surface area contributed by atoms with Gasteiger partial charge in [0.15, 0.2) is 5.78 Å². The Hall–Kier alpha value is -2.71. The number of carbonyl (C=O) groups is 1. The van der Waals surface area contributed by atoms with Gasteiger partial charge in [-0.05, 0) is 54.9 Å². The van der Waals surface area contributed by atoms with Gasteiger partial charge >= 0.3 is 0 Å². The molecular weight excluding hydrogens is 547 g/mol. The number of benzene rings is 2. The van der Waals surface area contributed by atoms with Crippen molar-refractivity contribution in [3.8, 4) is 22.8 Å². The van der Waals surface area contributed by atoms with Crippen LogP contribution in [0.2, 0.25) is 5.02 Å². The second-order valence-electron chi connectivity index (χ2n) is 9.14. The zero-order valence-electron chi connectivity index (χ0n) is 21.7. The fourth-order valence-electron chi connectivity index (χ4n) is 5.02. The second-order valence-corrected chi connectivity index (χ2v) is 9.58. The number of ether oxygens (including phenoxy) is 2. The third-order valence-electron chi connectivity index (χ3n) is 7.12. The van der Waals surface area contributed by atoms with Gasteiger partial charge < -0.3 is 18.9 Å². The quantitative estimate of drug-likeness (QED) is 0.235. The van der Waals surface area contributed by atoms with Crippen molar-refractivity contribution in [3.63, 3.8) is 0 Å². The molecule has 0 unspecified atom stereocenters. The number of ketones is 1. The van der Waals surface area contributed by atoms with Crippen molar-refractivity contribution < 1.29 is 14.3 Å². The molecule has 5 rings (SSSR count). The summed E-state index contributed by atoms with van der Waals surface area (Å²) in [6.45, 7) is 8.37. The first-order valence-electron chi connectivity index (χ1n) is 12.4. The minimum Gasteiger partial charge on any atom is -0.493 e. The molecule has 0 spiro atoms. The summed E-state index contributed by atoms with van der Waals surface area (Å²) in [5.74, 6) is 1.26. The highest BCUT2D eigenvalue weighted by Gasteiger charge is 2.29. The van der Waals surface area contributed by atoms with Gasteiger partial charge in [-0.1, -0.05) is 37.6 Å². The molecule has 2 aromatic heterocycles. The minimum atomic E-state index is -0.258. The highest BCUT2D eigenvalue weighted by molar-refractivity contribution is 6.30. The van der Waals surface area contributed by atoms with Gasteiger partial charge in [0.05, 0.1) is 31.4 Å². The number of likely N-dealkylation sites (N-methyl/N-ethyl adjacent to an activating group) is 1. The zero-order valence-corrected chi connectivity index (χ0v) is 24.1. The van der Waals surface area contributed by atoms with E-state index < -0.39 is 0 Å². The summed E-state index contributed by atoms with van der Waals surface area (Å²) in [4.78, 5) is 16.2. The molecule has 2 aromatic carbocycles. The Kier molecular flexibility index (Phi) is 10.1. The molecule has 1 atom stereocenters. The van der Waals surface area contributed by atoms with Crippen LogP contribution in [0.4, 0.5) is 0 Å². The van der Waals surface area contributed by atoms with Crippen molar-refractivity contribution >= 4 is 53.1 Å². The highest BCUT2D eigenvalue weighted by Crippen LogP contribution is 2.35. The van der Waals surface area contributed by atoms with Crippen LogP contribution in [0.5, 0.6) is 11.6 Å². The van der Waals surface area contributed by atoms with Crippen LogP contribution in [-0.2, 0) is 13.0 Å². The Bertz CT molecular complexity index is 1400. The molecule has 1 aliphatic rings. The number of methoxy groups -OCH3 is 1. The van der Waals surface area contributed by atoms with E-state index in [9.17, 15) is 4.79 Å². The topological polar surface area (TPSA) is 72.4 Å². The fourth-order valence-corrected chi connectivity index (χ4v) is 5.21. The number of hydrogen-bond acceptors (Lipinski definition) is 5. The summed E-state index contributed by atoms with van der Waals surface area (Å²) >= 11 is 6.20. The smallest absolute Gasteiger partial charge is 0.216 e. The standard InChI is InChI=1S/C28H31ClN4O3.2ClH/c1-4-32(5-2)10-11-33-16-24(27(34)20-12-19-13-21(29)7-9-26(19)36-17-20)22-8-6-18(14-25(22)33)23-15-30-31-28(23)35-3;;/h6-9,13-16,20H,4-5,10-12,17H2,1-3H3,(H,30,31);2*1H/t20-;;/m0../s1. The summed E-state index contributed by atoms with van der Waals surface area (Å²) in [6.07, 6.45) is 4.39. The number of halogens is 3. The maximum Gasteiger partial charge on any atom is 0.216 e. The molecule has 0 fully saturated rings. The Labute approximate surface area is 240 Å². The number of H-pyrrole nitrogens is 1. The summed E-state index contributed by atoms with van der Waals surface area (Å²) in [6, 6.07) is 11.8. The van der Waals surface area contributed by atoms with Crippen LogP contribution in [0.1, 0.15) is 29.8 Å². The van der Waals surface area contributed by atoms with Crippen molar-refractivity contribution in [2.75, 3.05) is 33.4 Å². The summed E-state index contributed by atoms with van der Waals surface area (Å²) < 4.78 is 13.6. The van der Waals surface area contributed by atoms with E-state index in [1.807, 2.05) is 36.5 Å². The first-order chi connectivity index (χ1) is 17.5. The molecule has 204 valence electrons. The van der Waals surface area contributed by atoms with Crippen LogP contribution < -0.4 is 9.47 Å². The number of nitrogens with zero attached hydrogens (tertiary/aromatic N) is 3. The van der Waals surface area contributed by atoms with E-state index in [0.29, 0.717) is 23.9 Å². The van der Waals surface area contributed by atoms with E-state index in [1.54, 1.807) is 13.3 Å². The predicted octanol–water partition coefficient (Wildman–Crippen LogP) is 6.31. The number of carbonyl (C=O) groups excluding carboxylic acids is 1. The van der Waals surface area contributed by atoms with E-state index in [1.165, 1.54) is 0 Å². The zero-order chi connectivity index (χ0) is 25.2. The van der Waals surface area contributed by atoms with E-state index in [4.69, 9.17) is 21.1 Å².